The van der Waals surface area contributed by atoms with E-state index in [-0.39, 0.29) is 17.1 Å². The van der Waals surface area contributed by atoms with Crippen molar-refractivity contribution in [2.45, 2.75) is 26.3 Å². The van der Waals surface area contributed by atoms with Crippen LogP contribution in [0.4, 0.5) is 5.69 Å². The van der Waals surface area contributed by atoms with Crippen LogP contribution < -0.4 is 10.2 Å². The summed E-state index contributed by atoms with van der Waals surface area (Å²) in [6, 6.07) is 9.10. The summed E-state index contributed by atoms with van der Waals surface area (Å²) in [5.41, 5.74) is 1.81. The van der Waals surface area contributed by atoms with Gasteiger partial charge in [0.05, 0.1) is 11.5 Å². The van der Waals surface area contributed by atoms with Crippen molar-refractivity contribution >= 4 is 27.5 Å². The summed E-state index contributed by atoms with van der Waals surface area (Å²) in [5.74, 6) is -0.510. The van der Waals surface area contributed by atoms with Gasteiger partial charge in [-0.05, 0) is 44.0 Å². The van der Waals surface area contributed by atoms with E-state index in [0.717, 1.165) is 24.3 Å². The first-order chi connectivity index (χ1) is 11.9. The van der Waals surface area contributed by atoms with Crippen molar-refractivity contribution in [3.63, 3.8) is 0 Å². The maximum absolute atomic E-state index is 12.2. The molecule has 0 aromatic heterocycles. The van der Waals surface area contributed by atoms with Crippen molar-refractivity contribution in [3.05, 3.63) is 35.4 Å². The highest BCUT2D eigenvalue weighted by atomic mass is 32.2. The minimum Gasteiger partial charge on any atom is -0.372 e. The van der Waals surface area contributed by atoms with Gasteiger partial charge in [0.2, 0.25) is 0 Å². The van der Waals surface area contributed by atoms with Crippen LogP contribution in [-0.2, 0) is 14.6 Å². The topological polar surface area (TPSA) is 90.3 Å². The number of rotatable bonds is 6. The van der Waals surface area contributed by atoms with E-state index in [1.54, 1.807) is 0 Å². The number of nitrogens with zero attached hydrogens (tertiary/aromatic N) is 2. The first kappa shape index (κ1) is 19.0. The number of hydrogen-bond donors (Lipinski definition) is 1. The van der Waals surface area contributed by atoms with Crippen molar-refractivity contribution in [3.8, 4) is 6.07 Å². The molecular formula is C18H23N3O3S. The highest BCUT2D eigenvalue weighted by Gasteiger charge is 2.29. The second-order valence-electron chi connectivity index (χ2n) is 6.01. The van der Waals surface area contributed by atoms with Crippen molar-refractivity contribution in [2.24, 2.45) is 0 Å². The quantitative estimate of drug-likeness (QED) is 0.616. The lowest BCUT2D eigenvalue weighted by atomic mass is 10.1. The molecule has 2 rings (SSSR count). The van der Waals surface area contributed by atoms with Crippen LogP contribution >= 0.6 is 0 Å². The number of anilines is 1. The normalized spacial score (nSPS) is 19.2. The third-order valence-corrected chi connectivity index (χ3v) is 6.03. The molecule has 1 amide bonds. The smallest absolute Gasteiger partial charge is 0.262 e. The van der Waals surface area contributed by atoms with Gasteiger partial charge in [-0.2, -0.15) is 5.26 Å². The Morgan fingerprint density at radius 3 is 2.44 bits per heavy atom. The van der Waals surface area contributed by atoms with E-state index in [1.807, 2.05) is 30.3 Å². The molecule has 1 aliphatic heterocycles. The number of hydrogen-bond acceptors (Lipinski definition) is 5. The van der Waals surface area contributed by atoms with Crippen LogP contribution in [0.5, 0.6) is 0 Å². The summed E-state index contributed by atoms with van der Waals surface area (Å²) in [4.78, 5) is 14.4. The van der Waals surface area contributed by atoms with E-state index in [2.05, 4.69) is 24.1 Å². The number of carbonyl (C=O) groups is 1. The molecule has 1 fully saturated rings. The molecule has 134 valence electrons. The molecule has 0 bridgehead atoms. The highest BCUT2D eigenvalue weighted by Crippen LogP contribution is 2.17. The fraction of sp³-hybridized carbons (Fsp3) is 0.444. The predicted octanol–water partition coefficient (Wildman–Crippen LogP) is 1.74. The zero-order valence-electron chi connectivity index (χ0n) is 14.5. The van der Waals surface area contributed by atoms with Gasteiger partial charge in [0.1, 0.15) is 11.6 Å². The molecule has 1 saturated heterocycles. The lowest BCUT2D eigenvalue weighted by molar-refractivity contribution is -0.117. The molecule has 1 aromatic rings. The maximum Gasteiger partial charge on any atom is 0.262 e. The first-order valence-corrected chi connectivity index (χ1v) is 10.2. The van der Waals surface area contributed by atoms with Crippen molar-refractivity contribution in [2.75, 3.05) is 29.5 Å². The highest BCUT2D eigenvalue weighted by molar-refractivity contribution is 7.91. The number of nitrogens with one attached hydrogen (secondary N) is 1. The Balaban J connectivity index is 2.09. The average Bonchev–Trinajstić information content (AvgIpc) is 2.93. The fourth-order valence-corrected chi connectivity index (χ4v) is 4.53. The molecule has 1 N–H and O–H groups in total. The Morgan fingerprint density at radius 2 is 1.96 bits per heavy atom. The summed E-state index contributed by atoms with van der Waals surface area (Å²) in [5, 5.41) is 11.9. The summed E-state index contributed by atoms with van der Waals surface area (Å²) >= 11 is 0. The molecule has 0 aliphatic carbocycles. The molecule has 1 aliphatic rings. The Bertz CT molecular complexity index is 788. The predicted molar refractivity (Wildman–Crippen MR) is 98.8 cm³/mol. The molecule has 1 heterocycles. The van der Waals surface area contributed by atoms with Gasteiger partial charge < -0.3 is 10.2 Å². The molecule has 1 aromatic carbocycles. The standard InChI is InChI=1S/C18H23N3O3S/c1-3-21(4-2)17-7-5-14(6-8-17)11-15(12-19)18(22)20-16-9-10-25(23,24)13-16/h5-8,11,16H,3-4,9-10,13H2,1-2H3,(H,20,22)/b15-11+/t16-/m1/s1. The SMILES string of the molecule is CCN(CC)c1ccc(/C=C(\C#N)C(=O)N[C@@H]2CCS(=O)(=O)C2)cc1. The number of nitriles is 1. The van der Waals surface area contributed by atoms with E-state index >= 15 is 0 Å². The molecule has 25 heavy (non-hydrogen) atoms. The number of sulfone groups is 1. The molecule has 6 nitrogen and oxygen atoms in total. The second-order valence-corrected chi connectivity index (χ2v) is 8.24. The minimum atomic E-state index is -3.07. The van der Waals surface area contributed by atoms with Gasteiger partial charge in [-0.3, -0.25) is 4.79 Å². The molecular weight excluding hydrogens is 338 g/mol. The van der Waals surface area contributed by atoms with Crippen molar-refractivity contribution in [1.82, 2.24) is 5.32 Å². The van der Waals surface area contributed by atoms with Gasteiger partial charge in [0, 0.05) is 24.8 Å². The van der Waals surface area contributed by atoms with Gasteiger partial charge in [-0.25, -0.2) is 8.42 Å². The fourth-order valence-electron chi connectivity index (χ4n) is 2.86. The summed E-state index contributed by atoms with van der Waals surface area (Å²) in [7, 11) is -3.07. The third kappa shape index (κ3) is 5.07. The Labute approximate surface area is 149 Å². The van der Waals surface area contributed by atoms with Crippen LogP contribution in [0.2, 0.25) is 0 Å². The van der Waals surface area contributed by atoms with E-state index in [0.29, 0.717) is 6.42 Å². The Morgan fingerprint density at radius 1 is 1.32 bits per heavy atom. The van der Waals surface area contributed by atoms with Crippen LogP contribution in [0.3, 0.4) is 0 Å². The number of benzene rings is 1. The third-order valence-electron chi connectivity index (χ3n) is 4.27. The van der Waals surface area contributed by atoms with Crippen LogP contribution in [0.1, 0.15) is 25.8 Å². The van der Waals surface area contributed by atoms with Gasteiger partial charge >= 0.3 is 0 Å². The number of amides is 1. The summed E-state index contributed by atoms with van der Waals surface area (Å²) < 4.78 is 22.9. The lowest BCUT2D eigenvalue weighted by Gasteiger charge is -2.20. The van der Waals surface area contributed by atoms with Gasteiger partial charge in [0.15, 0.2) is 9.84 Å². The maximum atomic E-state index is 12.2. The van der Waals surface area contributed by atoms with Crippen LogP contribution in [0.25, 0.3) is 6.08 Å². The summed E-state index contributed by atoms with van der Waals surface area (Å²) in [6.07, 6.45) is 1.91. The Kier molecular flexibility index (Phi) is 6.21. The van der Waals surface area contributed by atoms with Crippen LogP contribution in [-0.4, -0.2) is 45.0 Å². The van der Waals surface area contributed by atoms with E-state index < -0.39 is 21.8 Å². The number of carbonyl (C=O) groups excluding carboxylic acids is 1. The van der Waals surface area contributed by atoms with Crippen molar-refractivity contribution < 1.29 is 13.2 Å². The zero-order valence-corrected chi connectivity index (χ0v) is 15.3. The largest absolute Gasteiger partial charge is 0.372 e. The Hall–Kier alpha value is -2.33. The van der Waals surface area contributed by atoms with Crippen LogP contribution in [0.15, 0.2) is 29.8 Å². The molecule has 0 saturated carbocycles. The lowest BCUT2D eigenvalue weighted by Crippen LogP contribution is -2.36. The van der Waals surface area contributed by atoms with Crippen molar-refractivity contribution in [1.29, 1.82) is 5.26 Å². The molecule has 0 radical (unpaired) electrons. The zero-order chi connectivity index (χ0) is 18.4. The summed E-state index contributed by atoms with van der Waals surface area (Å²) in [6.45, 7) is 5.97. The molecule has 0 unspecified atom stereocenters. The molecule has 1 atom stereocenters. The van der Waals surface area contributed by atoms with Crippen LogP contribution in [0, 0.1) is 11.3 Å². The monoisotopic (exact) mass is 361 g/mol. The van der Waals surface area contributed by atoms with Gasteiger partial charge in [0.25, 0.3) is 5.91 Å². The van der Waals surface area contributed by atoms with E-state index in [1.165, 1.54) is 6.08 Å². The van der Waals surface area contributed by atoms with E-state index in [4.69, 9.17) is 0 Å². The second kappa shape index (κ2) is 8.17. The molecule has 0 spiro atoms. The van der Waals surface area contributed by atoms with E-state index in [9.17, 15) is 18.5 Å². The minimum absolute atomic E-state index is 0.0279. The first-order valence-electron chi connectivity index (χ1n) is 8.36. The average molecular weight is 361 g/mol. The molecule has 7 heteroatoms. The van der Waals surface area contributed by atoms with Gasteiger partial charge in [-0.15, -0.1) is 0 Å². The van der Waals surface area contributed by atoms with Gasteiger partial charge in [-0.1, -0.05) is 12.1 Å².